The molecule has 0 spiro atoms. The van der Waals surface area contributed by atoms with Gasteiger partial charge in [-0.1, -0.05) is 41.9 Å². The molecule has 36 heavy (non-hydrogen) atoms. The van der Waals surface area contributed by atoms with Crippen molar-refractivity contribution in [1.82, 2.24) is 0 Å². The van der Waals surface area contributed by atoms with Gasteiger partial charge in [-0.25, -0.2) is 0 Å². The molecule has 1 heterocycles. The van der Waals surface area contributed by atoms with Gasteiger partial charge in [-0.2, -0.15) is 0 Å². The summed E-state index contributed by atoms with van der Waals surface area (Å²) in [5.41, 5.74) is 6.09. The molecule has 1 saturated carbocycles. The fourth-order valence-electron chi connectivity index (χ4n) is 5.34. The number of hydrogen-bond donors (Lipinski definition) is 2. The summed E-state index contributed by atoms with van der Waals surface area (Å²) in [6, 6.07) is 7.60. The molecule has 2 N–H and O–H groups in total. The predicted molar refractivity (Wildman–Crippen MR) is 148 cm³/mol. The van der Waals surface area contributed by atoms with E-state index in [1.54, 1.807) is 19.2 Å². The monoisotopic (exact) mass is 488 g/mol. The number of hydrogen-bond acceptors (Lipinski definition) is 4. The smallest absolute Gasteiger partial charge is 0.164 e. The lowest BCUT2D eigenvalue weighted by atomic mass is 9.80. The first-order chi connectivity index (χ1) is 17.3. The molecule has 2 aromatic rings. The summed E-state index contributed by atoms with van der Waals surface area (Å²) in [7, 11) is 1.69. The molecule has 0 bridgehead atoms. The zero-order valence-electron chi connectivity index (χ0n) is 22.1. The van der Waals surface area contributed by atoms with Crippen LogP contribution in [-0.4, -0.2) is 23.4 Å². The molecule has 2 aromatic carbocycles. The highest BCUT2D eigenvalue weighted by atomic mass is 16.5. The Labute approximate surface area is 216 Å². The van der Waals surface area contributed by atoms with Crippen LogP contribution in [0.2, 0.25) is 0 Å². The van der Waals surface area contributed by atoms with Crippen LogP contribution in [0.15, 0.2) is 47.6 Å². The fourth-order valence-corrected chi connectivity index (χ4v) is 5.34. The number of benzene rings is 2. The minimum absolute atomic E-state index is 0.114. The first-order valence-electron chi connectivity index (χ1n) is 13.2. The number of fused-ring (bicyclic) bond motifs is 2. The number of phenolic OH excluding ortho intramolecular Hbond substituents is 2. The van der Waals surface area contributed by atoms with Gasteiger partial charge in [0.2, 0.25) is 0 Å². The molecule has 1 aliphatic heterocycles. The maximum atomic E-state index is 10.6. The first kappa shape index (κ1) is 25.9. The summed E-state index contributed by atoms with van der Waals surface area (Å²) < 4.78 is 12.0. The quantitative estimate of drug-likeness (QED) is 0.292. The van der Waals surface area contributed by atoms with Gasteiger partial charge < -0.3 is 19.7 Å². The van der Waals surface area contributed by atoms with Crippen LogP contribution in [-0.2, 0) is 12.8 Å². The third-order valence-electron chi connectivity index (χ3n) is 7.40. The van der Waals surface area contributed by atoms with E-state index in [0.29, 0.717) is 24.0 Å². The number of aromatic hydroxyl groups is 2. The van der Waals surface area contributed by atoms with E-state index in [1.165, 1.54) is 36.0 Å². The van der Waals surface area contributed by atoms with Gasteiger partial charge in [-0.05, 0) is 107 Å². The normalized spacial score (nSPS) is 19.4. The van der Waals surface area contributed by atoms with Crippen LogP contribution in [0, 0.1) is 5.92 Å². The molecule has 0 saturated heterocycles. The number of allylic oxidation sites excluding steroid dienone is 4. The third-order valence-corrected chi connectivity index (χ3v) is 7.40. The lowest BCUT2D eigenvalue weighted by Gasteiger charge is -2.37. The van der Waals surface area contributed by atoms with Crippen molar-refractivity contribution in [2.45, 2.75) is 78.2 Å². The van der Waals surface area contributed by atoms with Crippen molar-refractivity contribution < 1.29 is 19.7 Å². The second kappa shape index (κ2) is 11.7. The minimum atomic E-state index is 0.114. The topological polar surface area (TPSA) is 58.9 Å². The molecular weight excluding hydrogens is 448 g/mol. The summed E-state index contributed by atoms with van der Waals surface area (Å²) in [6.07, 6.45) is 16.9. The van der Waals surface area contributed by atoms with Crippen LogP contribution < -0.4 is 9.47 Å². The SMILES string of the molecule is COc1cc(/C=C/c2cc(O)c(C/C=C(\C)CCC=C(C)C)c(O)c2)cc2c1OC1CCCC[C@H]1C2. The van der Waals surface area contributed by atoms with Crippen molar-refractivity contribution >= 4 is 12.2 Å². The average molecular weight is 489 g/mol. The molecule has 2 atom stereocenters. The van der Waals surface area contributed by atoms with Crippen molar-refractivity contribution in [3.63, 3.8) is 0 Å². The highest BCUT2D eigenvalue weighted by Crippen LogP contribution is 2.44. The van der Waals surface area contributed by atoms with E-state index in [0.717, 1.165) is 48.3 Å². The molecule has 1 aliphatic carbocycles. The van der Waals surface area contributed by atoms with Gasteiger partial charge in [0.15, 0.2) is 11.5 Å². The van der Waals surface area contributed by atoms with E-state index in [9.17, 15) is 10.2 Å². The Morgan fingerprint density at radius 1 is 0.972 bits per heavy atom. The summed E-state index contributed by atoms with van der Waals surface area (Å²) in [5.74, 6) is 2.47. The van der Waals surface area contributed by atoms with E-state index >= 15 is 0 Å². The zero-order chi connectivity index (χ0) is 25.7. The summed E-state index contributed by atoms with van der Waals surface area (Å²) >= 11 is 0. The second-order valence-electron chi connectivity index (χ2n) is 10.6. The fraction of sp³-hybridized carbons (Fsp3) is 0.438. The van der Waals surface area contributed by atoms with Crippen molar-refractivity contribution in [2.24, 2.45) is 5.92 Å². The van der Waals surface area contributed by atoms with Gasteiger partial charge in [0.1, 0.15) is 17.6 Å². The van der Waals surface area contributed by atoms with Crippen LogP contribution in [0.4, 0.5) is 0 Å². The van der Waals surface area contributed by atoms with Gasteiger partial charge in [-0.3, -0.25) is 0 Å². The van der Waals surface area contributed by atoms with Gasteiger partial charge >= 0.3 is 0 Å². The van der Waals surface area contributed by atoms with Crippen LogP contribution >= 0.6 is 0 Å². The predicted octanol–water partition coefficient (Wildman–Crippen LogP) is 8.01. The lowest BCUT2D eigenvalue weighted by Crippen LogP contribution is -2.35. The highest BCUT2D eigenvalue weighted by Gasteiger charge is 2.33. The van der Waals surface area contributed by atoms with E-state index in [4.69, 9.17) is 9.47 Å². The Kier molecular flexibility index (Phi) is 8.45. The molecule has 1 unspecified atom stereocenters. The molecule has 4 nitrogen and oxygen atoms in total. The largest absolute Gasteiger partial charge is 0.507 e. The van der Waals surface area contributed by atoms with Crippen molar-refractivity contribution in [3.05, 3.63) is 69.8 Å². The van der Waals surface area contributed by atoms with Gasteiger partial charge in [0, 0.05) is 11.5 Å². The van der Waals surface area contributed by atoms with Crippen LogP contribution in [0.5, 0.6) is 23.0 Å². The van der Waals surface area contributed by atoms with Crippen molar-refractivity contribution in [3.8, 4) is 23.0 Å². The maximum absolute atomic E-state index is 10.6. The molecule has 4 rings (SSSR count). The van der Waals surface area contributed by atoms with E-state index in [1.807, 2.05) is 18.2 Å². The Bertz CT molecular complexity index is 1140. The molecule has 4 heteroatoms. The molecule has 1 fully saturated rings. The molecule has 2 aliphatic rings. The first-order valence-corrected chi connectivity index (χ1v) is 13.2. The number of ether oxygens (including phenoxy) is 2. The van der Waals surface area contributed by atoms with Crippen molar-refractivity contribution in [2.75, 3.05) is 7.11 Å². The Balaban J connectivity index is 1.48. The number of phenols is 2. The van der Waals surface area contributed by atoms with Gasteiger partial charge in [0.25, 0.3) is 0 Å². The molecule has 0 radical (unpaired) electrons. The second-order valence-corrected chi connectivity index (χ2v) is 10.6. The van der Waals surface area contributed by atoms with E-state index < -0.39 is 0 Å². The zero-order valence-corrected chi connectivity index (χ0v) is 22.1. The average Bonchev–Trinajstić information content (AvgIpc) is 2.85. The van der Waals surface area contributed by atoms with Crippen LogP contribution in [0.3, 0.4) is 0 Å². The summed E-state index contributed by atoms with van der Waals surface area (Å²) in [5, 5.41) is 21.2. The number of methoxy groups -OCH3 is 1. The Morgan fingerprint density at radius 2 is 1.67 bits per heavy atom. The lowest BCUT2D eigenvalue weighted by molar-refractivity contribution is 0.0719. The summed E-state index contributed by atoms with van der Waals surface area (Å²) in [6.45, 7) is 6.30. The van der Waals surface area contributed by atoms with E-state index in [2.05, 4.69) is 39.0 Å². The highest BCUT2D eigenvalue weighted by molar-refractivity contribution is 5.73. The van der Waals surface area contributed by atoms with Gasteiger partial charge in [-0.15, -0.1) is 0 Å². The number of rotatable bonds is 8. The van der Waals surface area contributed by atoms with Crippen molar-refractivity contribution in [1.29, 1.82) is 0 Å². The molecule has 0 aromatic heterocycles. The van der Waals surface area contributed by atoms with Crippen LogP contribution in [0.25, 0.3) is 12.2 Å². The minimum Gasteiger partial charge on any atom is -0.507 e. The standard InChI is InChI=1S/C32H40O4/c1-21(2)8-7-9-22(3)12-15-27-28(33)17-24(18-29(27)34)14-13-23-16-26-20-25-10-5-6-11-30(25)36-32(26)31(19-23)35-4/h8,12-14,16-19,25,30,33-34H,5-7,9-11,15,20H2,1-4H3/b14-13+,22-12+/t25-,30?/m0/s1. The Hall–Kier alpha value is -3.14. The molecule has 0 amide bonds. The molecular formula is C32H40O4. The van der Waals surface area contributed by atoms with E-state index in [-0.39, 0.29) is 11.5 Å². The Morgan fingerprint density at radius 3 is 2.36 bits per heavy atom. The maximum Gasteiger partial charge on any atom is 0.164 e. The molecule has 192 valence electrons. The van der Waals surface area contributed by atoms with Crippen LogP contribution in [0.1, 0.15) is 81.5 Å². The summed E-state index contributed by atoms with van der Waals surface area (Å²) in [4.78, 5) is 0. The van der Waals surface area contributed by atoms with Gasteiger partial charge in [0.05, 0.1) is 7.11 Å². The third kappa shape index (κ3) is 6.34.